The van der Waals surface area contributed by atoms with E-state index in [-0.39, 0.29) is 31.8 Å². The second kappa shape index (κ2) is 15.2. The Morgan fingerprint density at radius 2 is 1.63 bits per heavy atom. The number of carbonyl (C=O) groups excluding carboxylic acids is 4. The molecule has 0 aliphatic heterocycles. The van der Waals surface area contributed by atoms with E-state index >= 15 is 0 Å². The summed E-state index contributed by atoms with van der Waals surface area (Å²) >= 11 is 0. The third-order valence-corrected chi connectivity index (χ3v) is 6.11. The number of carbonyl (C=O) groups is 5. The number of aliphatic hydroxyl groups is 1. The highest BCUT2D eigenvalue weighted by Gasteiger charge is 2.33. The molecule has 14 N–H and O–H groups in total. The highest BCUT2D eigenvalue weighted by Crippen LogP contribution is 2.19. The van der Waals surface area contributed by atoms with E-state index in [1.807, 2.05) is 18.2 Å². The molecule has 5 unspecified atom stereocenters. The number of amides is 4. The number of fused-ring (bicyclic) bond motifs is 1. The molecule has 0 spiro atoms. The highest BCUT2D eigenvalue weighted by atomic mass is 16.4. The minimum atomic E-state index is -1.58. The van der Waals surface area contributed by atoms with E-state index in [1.54, 1.807) is 12.3 Å². The van der Waals surface area contributed by atoms with Crippen LogP contribution in [0, 0.1) is 0 Å². The molecule has 0 aliphatic carbocycles. The number of carboxylic acids is 1. The van der Waals surface area contributed by atoms with Gasteiger partial charge < -0.3 is 54.1 Å². The maximum Gasteiger partial charge on any atom is 0.326 e. The van der Waals surface area contributed by atoms with Crippen molar-refractivity contribution in [2.24, 2.45) is 27.9 Å². The second-order valence-electron chi connectivity index (χ2n) is 9.48. The number of hydrogen-bond acceptors (Lipinski definition) is 8. The Morgan fingerprint density at radius 3 is 2.24 bits per heavy atom. The number of aliphatic hydroxyl groups excluding tert-OH is 1. The summed E-state index contributed by atoms with van der Waals surface area (Å²) in [4.78, 5) is 68.8. The van der Waals surface area contributed by atoms with Crippen LogP contribution in [-0.2, 0) is 30.4 Å². The molecule has 0 saturated carbocycles. The zero-order valence-electron chi connectivity index (χ0n) is 22.5. The maximum absolute atomic E-state index is 13.4. The number of guanidine groups is 1. The fraction of sp³-hybridized carbons (Fsp3) is 0.440. The van der Waals surface area contributed by atoms with Crippen LogP contribution < -0.4 is 38.9 Å². The molecule has 5 atom stereocenters. The summed E-state index contributed by atoms with van der Waals surface area (Å²) < 4.78 is 0. The molecule has 0 radical (unpaired) electrons. The van der Waals surface area contributed by atoms with Crippen LogP contribution in [0.15, 0.2) is 35.5 Å². The lowest BCUT2D eigenvalue weighted by atomic mass is 10.0. The molecule has 1 aromatic carbocycles. The van der Waals surface area contributed by atoms with Crippen LogP contribution in [0.3, 0.4) is 0 Å². The van der Waals surface area contributed by atoms with Crippen molar-refractivity contribution in [3.63, 3.8) is 0 Å². The fourth-order valence-corrected chi connectivity index (χ4v) is 4.00. The van der Waals surface area contributed by atoms with E-state index in [2.05, 4.69) is 25.9 Å². The number of nitrogens with one attached hydrogen (secondary N) is 4. The third kappa shape index (κ3) is 10.1. The molecule has 41 heavy (non-hydrogen) atoms. The van der Waals surface area contributed by atoms with Crippen molar-refractivity contribution in [2.75, 3.05) is 6.54 Å². The second-order valence-corrected chi connectivity index (χ2v) is 9.48. The number of aliphatic carboxylic acids is 1. The molecule has 1 aromatic heterocycles. The topological polar surface area (TPSA) is 294 Å². The van der Waals surface area contributed by atoms with Crippen LogP contribution in [0.25, 0.3) is 10.9 Å². The number of rotatable bonds is 16. The van der Waals surface area contributed by atoms with E-state index in [0.29, 0.717) is 5.56 Å². The van der Waals surface area contributed by atoms with Gasteiger partial charge in [0.1, 0.15) is 18.1 Å². The van der Waals surface area contributed by atoms with Crippen molar-refractivity contribution < 1.29 is 34.2 Å². The van der Waals surface area contributed by atoms with Gasteiger partial charge >= 0.3 is 5.97 Å². The number of H-pyrrole nitrogens is 1. The first-order chi connectivity index (χ1) is 19.3. The molecular weight excluding hydrogens is 538 g/mol. The van der Waals surface area contributed by atoms with Gasteiger partial charge in [-0.05, 0) is 31.4 Å². The van der Waals surface area contributed by atoms with E-state index in [1.165, 1.54) is 6.92 Å². The Morgan fingerprint density at radius 1 is 0.976 bits per heavy atom. The lowest BCUT2D eigenvalue weighted by Gasteiger charge is -2.26. The van der Waals surface area contributed by atoms with Crippen LogP contribution in [0.1, 0.15) is 31.7 Å². The van der Waals surface area contributed by atoms with Crippen molar-refractivity contribution in [3.05, 3.63) is 36.0 Å². The van der Waals surface area contributed by atoms with Crippen LogP contribution in [0.4, 0.5) is 0 Å². The largest absolute Gasteiger partial charge is 0.480 e. The fourth-order valence-electron chi connectivity index (χ4n) is 4.00. The number of aromatic nitrogens is 1. The highest BCUT2D eigenvalue weighted by molar-refractivity contribution is 5.96. The smallest absolute Gasteiger partial charge is 0.326 e. The number of para-hydroxylation sites is 1. The summed E-state index contributed by atoms with van der Waals surface area (Å²) in [5.74, 6) is -4.99. The van der Waals surface area contributed by atoms with Gasteiger partial charge in [0.05, 0.1) is 18.6 Å². The first kappa shape index (κ1) is 32.5. The summed E-state index contributed by atoms with van der Waals surface area (Å²) in [7, 11) is 0. The predicted octanol–water partition coefficient (Wildman–Crippen LogP) is -3.11. The van der Waals surface area contributed by atoms with E-state index in [0.717, 1.165) is 10.9 Å². The van der Waals surface area contributed by atoms with Gasteiger partial charge in [-0.3, -0.25) is 24.2 Å². The van der Waals surface area contributed by atoms with Crippen LogP contribution in [-0.4, -0.2) is 87.6 Å². The standard InChI is InChI=1S/C25H37N9O7/c1-12(35)20(23(39)32-17(24(40)41)7-4-8-30-25(28)29)34-22(38)18(33-21(37)15(26)10-19(27)36)9-13-11-31-16-6-3-2-5-14(13)16/h2-3,5-6,11-12,15,17-18,20,31,35H,4,7-10,26H2,1H3,(H2,27,36)(H,32,39)(H,33,37)(H,34,38)(H,40,41)(H4,28,29,30). The molecular formula is C25H37N9O7. The molecule has 224 valence electrons. The molecule has 4 amide bonds. The van der Waals surface area contributed by atoms with Crippen LogP contribution >= 0.6 is 0 Å². The number of hydrogen-bond donors (Lipinski definition) is 10. The van der Waals surface area contributed by atoms with E-state index in [9.17, 15) is 34.2 Å². The number of carboxylic acid groups (broad SMARTS) is 1. The summed E-state index contributed by atoms with van der Waals surface area (Å²) in [5, 5.41) is 27.7. The zero-order valence-corrected chi connectivity index (χ0v) is 22.5. The maximum atomic E-state index is 13.4. The Hall–Kier alpha value is -4.70. The average Bonchev–Trinajstić information content (AvgIpc) is 3.30. The molecule has 1 heterocycles. The molecule has 2 rings (SSSR count). The molecule has 0 bridgehead atoms. The number of nitrogens with two attached hydrogens (primary N) is 4. The van der Waals surface area contributed by atoms with Gasteiger partial charge in [-0.25, -0.2) is 4.79 Å². The van der Waals surface area contributed by atoms with Crippen molar-refractivity contribution in [1.82, 2.24) is 20.9 Å². The van der Waals surface area contributed by atoms with Crippen molar-refractivity contribution in [1.29, 1.82) is 0 Å². The minimum absolute atomic E-state index is 0.0324. The van der Waals surface area contributed by atoms with Gasteiger partial charge in [-0.15, -0.1) is 0 Å². The zero-order chi connectivity index (χ0) is 30.7. The Balaban J connectivity index is 2.23. The van der Waals surface area contributed by atoms with Crippen LogP contribution in [0.2, 0.25) is 0 Å². The summed E-state index contributed by atoms with van der Waals surface area (Å²) in [6, 6.07) is 1.66. The van der Waals surface area contributed by atoms with Gasteiger partial charge in [-0.1, -0.05) is 18.2 Å². The number of primary amides is 1. The lowest BCUT2D eigenvalue weighted by molar-refractivity contribution is -0.143. The molecule has 16 nitrogen and oxygen atoms in total. The SMILES string of the molecule is CC(O)C(NC(=O)C(Cc1c[nH]c2ccccc12)NC(=O)C(N)CC(N)=O)C(=O)NC(CCCN=C(N)N)C(=O)O. The normalized spacial score (nSPS) is 14.6. The minimum Gasteiger partial charge on any atom is -0.480 e. The first-order valence-electron chi connectivity index (χ1n) is 12.8. The molecule has 0 aliphatic rings. The van der Waals surface area contributed by atoms with Crippen LogP contribution in [0.5, 0.6) is 0 Å². The van der Waals surface area contributed by atoms with E-state index in [4.69, 9.17) is 22.9 Å². The Bertz CT molecular complexity index is 1270. The first-order valence-corrected chi connectivity index (χ1v) is 12.8. The Kier molecular flexibility index (Phi) is 12.0. The van der Waals surface area contributed by atoms with Crippen molar-refractivity contribution in [3.8, 4) is 0 Å². The predicted molar refractivity (Wildman–Crippen MR) is 149 cm³/mol. The van der Waals surface area contributed by atoms with Crippen molar-refractivity contribution in [2.45, 2.75) is 62.9 Å². The lowest BCUT2D eigenvalue weighted by Crippen LogP contribution is -2.60. The molecule has 0 saturated heterocycles. The van der Waals surface area contributed by atoms with Gasteiger partial charge in [0.15, 0.2) is 5.96 Å². The van der Waals surface area contributed by atoms with Gasteiger partial charge in [0.2, 0.25) is 23.6 Å². The summed E-state index contributed by atoms with van der Waals surface area (Å²) in [5.41, 5.74) is 22.8. The van der Waals surface area contributed by atoms with Crippen molar-refractivity contribution >= 4 is 46.5 Å². The number of benzene rings is 1. The summed E-state index contributed by atoms with van der Waals surface area (Å²) in [6.07, 6.45) is -0.121. The monoisotopic (exact) mass is 575 g/mol. The third-order valence-electron chi connectivity index (χ3n) is 6.11. The number of aliphatic imine (C=N–C) groups is 1. The average molecular weight is 576 g/mol. The van der Waals surface area contributed by atoms with Gasteiger partial charge in [0.25, 0.3) is 0 Å². The van der Waals surface area contributed by atoms with Gasteiger partial charge in [-0.2, -0.15) is 0 Å². The number of aromatic amines is 1. The van der Waals surface area contributed by atoms with Gasteiger partial charge in [0, 0.05) is 30.1 Å². The Labute approximate surface area is 235 Å². The molecule has 0 fully saturated rings. The molecule has 16 heteroatoms. The summed E-state index contributed by atoms with van der Waals surface area (Å²) in [6.45, 7) is 1.36. The quantitative estimate of drug-likeness (QED) is 0.0545. The van der Waals surface area contributed by atoms with E-state index < -0.39 is 66.3 Å². The molecule has 2 aromatic rings. The number of nitrogens with zero attached hydrogens (tertiary/aromatic N) is 1.